The lowest BCUT2D eigenvalue weighted by Gasteiger charge is -2.28. The number of nitrogens with zero attached hydrogens (tertiary/aromatic N) is 1. The Kier molecular flexibility index (Phi) is 8.96. The quantitative estimate of drug-likeness (QED) is 0.610. The number of nitrogens with one attached hydrogen (secondary N) is 1. The summed E-state index contributed by atoms with van der Waals surface area (Å²) in [5.74, 6) is 1.57. The highest BCUT2D eigenvalue weighted by Gasteiger charge is 2.10. The minimum Gasteiger partial charge on any atom is -0.315 e. The van der Waals surface area contributed by atoms with Crippen molar-refractivity contribution >= 4 is 0 Å². The summed E-state index contributed by atoms with van der Waals surface area (Å²) < 4.78 is 0. The van der Waals surface area contributed by atoms with Crippen LogP contribution in [0.5, 0.6) is 0 Å². The largest absolute Gasteiger partial charge is 0.315 e. The third-order valence-corrected chi connectivity index (χ3v) is 2.80. The van der Waals surface area contributed by atoms with Gasteiger partial charge >= 0.3 is 0 Å². The van der Waals surface area contributed by atoms with E-state index >= 15 is 0 Å². The molecule has 0 radical (unpaired) electrons. The Morgan fingerprint density at radius 1 is 0.875 bits per heavy atom. The molecule has 0 fully saturated rings. The van der Waals surface area contributed by atoms with Gasteiger partial charge in [-0.05, 0) is 38.6 Å². The van der Waals surface area contributed by atoms with Gasteiger partial charge in [0.2, 0.25) is 0 Å². The molecule has 0 aromatic carbocycles. The molecule has 0 bridgehead atoms. The van der Waals surface area contributed by atoms with E-state index in [1.54, 1.807) is 0 Å². The average molecular weight is 228 g/mol. The summed E-state index contributed by atoms with van der Waals surface area (Å²) in [5.41, 5.74) is 0. The molecule has 98 valence electrons. The first-order valence-corrected chi connectivity index (χ1v) is 6.88. The maximum absolute atomic E-state index is 3.53. The minimum atomic E-state index is 0.661. The summed E-state index contributed by atoms with van der Waals surface area (Å²) in [6.45, 7) is 18.4. The van der Waals surface area contributed by atoms with Crippen LogP contribution < -0.4 is 5.32 Å². The van der Waals surface area contributed by atoms with Gasteiger partial charge in [-0.3, -0.25) is 4.90 Å². The summed E-state index contributed by atoms with van der Waals surface area (Å²) in [6.07, 6.45) is 1.28. The Balaban J connectivity index is 3.60. The molecule has 0 saturated heterocycles. The molecule has 0 aromatic rings. The van der Waals surface area contributed by atoms with E-state index in [4.69, 9.17) is 0 Å². The van der Waals surface area contributed by atoms with Gasteiger partial charge in [0.1, 0.15) is 0 Å². The predicted molar refractivity (Wildman–Crippen MR) is 73.9 cm³/mol. The molecule has 2 nitrogen and oxygen atoms in total. The van der Waals surface area contributed by atoms with E-state index in [1.165, 1.54) is 19.5 Å². The van der Waals surface area contributed by atoms with Crippen LogP contribution in [0, 0.1) is 11.8 Å². The van der Waals surface area contributed by atoms with Gasteiger partial charge in [0.05, 0.1) is 0 Å². The maximum Gasteiger partial charge on any atom is 0.0110 e. The lowest BCUT2D eigenvalue weighted by molar-refractivity contribution is 0.198. The second-order valence-electron chi connectivity index (χ2n) is 5.92. The zero-order chi connectivity index (χ0) is 12.6. The molecule has 0 rings (SSSR count). The molecule has 2 heteroatoms. The van der Waals surface area contributed by atoms with Crippen LogP contribution in [0.4, 0.5) is 0 Å². The van der Waals surface area contributed by atoms with Crippen LogP contribution in [0.3, 0.4) is 0 Å². The Hall–Kier alpha value is -0.0800. The Morgan fingerprint density at radius 3 is 1.94 bits per heavy atom. The van der Waals surface area contributed by atoms with Crippen molar-refractivity contribution in [2.24, 2.45) is 11.8 Å². The Morgan fingerprint density at radius 2 is 1.50 bits per heavy atom. The molecule has 0 aliphatic carbocycles. The van der Waals surface area contributed by atoms with E-state index < -0.39 is 0 Å². The van der Waals surface area contributed by atoms with Crippen LogP contribution >= 0.6 is 0 Å². The van der Waals surface area contributed by atoms with Gasteiger partial charge in [0.15, 0.2) is 0 Å². The van der Waals surface area contributed by atoms with Crippen molar-refractivity contribution in [1.82, 2.24) is 10.2 Å². The maximum atomic E-state index is 3.53. The van der Waals surface area contributed by atoms with Crippen molar-refractivity contribution in [2.75, 3.05) is 26.2 Å². The van der Waals surface area contributed by atoms with Gasteiger partial charge in [-0.25, -0.2) is 0 Å². The van der Waals surface area contributed by atoms with Gasteiger partial charge < -0.3 is 5.32 Å². The molecule has 0 aliphatic rings. The zero-order valence-corrected chi connectivity index (χ0v) is 12.2. The summed E-state index contributed by atoms with van der Waals surface area (Å²) in [6, 6.07) is 0.661. The molecule has 0 spiro atoms. The van der Waals surface area contributed by atoms with Gasteiger partial charge in [-0.1, -0.05) is 27.7 Å². The molecule has 0 amide bonds. The van der Waals surface area contributed by atoms with E-state index in [2.05, 4.69) is 51.8 Å². The Labute approximate surface area is 103 Å². The van der Waals surface area contributed by atoms with Gasteiger partial charge in [0, 0.05) is 25.7 Å². The molecule has 0 aliphatic heterocycles. The Bertz CT molecular complexity index is 153. The van der Waals surface area contributed by atoms with Crippen LogP contribution in [0.1, 0.15) is 48.0 Å². The summed E-state index contributed by atoms with van der Waals surface area (Å²) >= 11 is 0. The average Bonchev–Trinajstić information content (AvgIpc) is 2.14. The van der Waals surface area contributed by atoms with Crippen LogP contribution in [0.25, 0.3) is 0 Å². The van der Waals surface area contributed by atoms with Gasteiger partial charge in [-0.15, -0.1) is 0 Å². The SMILES string of the molecule is CC(C)CCNCCN(CC(C)C)C(C)C. The van der Waals surface area contributed by atoms with Crippen LogP contribution in [-0.2, 0) is 0 Å². The van der Waals surface area contributed by atoms with Gasteiger partial charge in [-0.2, -0.15) is 0 Å². The highest BCUT2D eigenvalue weighted by atomic mass is 15.2. The van der Waals surface area contributed by atoms with Crippen molar-refractivity contribution in [2.45, 2.75) is 54.0 Å². The second kappa shape index (κ2) is 9.00. The monoisotopic (exact) mass is 228 g/mol. The fourth-order valence-electron chi connectivity index (χ4n) is 1.77. The topological polar surface area (TPSA) is 15.3 Å². The molecule has 0 heterocycles. The number of hydrogen-bond donors (Lipinski definition) is 1. The fourth-order valence-corrected chi connectivity index (χ4v) is 1.77. The second-order valence-corrected chi connectivity index (χ2v) is 5.92. The number of hydrogen-bond acceptors (Lipinski definition) is 2. The molecule has 1 N–H and O–H groups in total. The fraction of sp³-hybridized carbons (Fsp3) is 1.00. The molecular weight excluding hydrogens is 196 g/mol. The van der Waals surface area contributed by atoms with Crippen LogP contribution in [0.2, 0.25) is 0 Å². The zero-order valence-electron chi connectivity index (χ0n) is 12.2. The summed E-state index contributed by atoms with van der Waals surface area (Å²) in [5, 5.41) is 3.53. The molecule has 0 atom stereocenters. The normalized spacial score (nSPS) is 12.4. The third-order valence-electron chi connectivity index (χ3n) is 2.80. The molecule has 0 saturated carbocycles. The molecule has 0 unspecified atom stereocenters. The van der Waals surface area contributed by atoms with Crippen molar-refractivity contribution in [3.05, 3.63) is 0 Å². The van der Waals surface area contributed by atoms with E-state index in [0.29, 0.717) is 6.04 Å². The highest BCUT2D eigenvalue weighted by molar-refractivity contribution is 4.66. The lowest BCUT2D eigenvalue weighted by Crippen LogP contribution is -2.39. The van der Waals surface area contributed by atoms with E-state index in [-0.39, 0.29) is 0 Å². The first-order chi connectivity index (χ1) is 7.43. The van der Waals surface area contributed by atoms with Gasteiger partial charge in [0.25, 0.3) is 0 Å². The minimum absolute atomic E-state index is 0.661. The third kappa shape index (κ3) is 9.17. The molecule has 0 aromatic heterocycles. The first kappa shape index (κ1) is 15.9. The van der Waals surface area contributed by atoms with Crippen molar-refractivity contribution in [1.29, 1.82) is 0 Å². The van der Waals surface area contributed by atoms with Crippen molar-refractivity contribution in [3.63, 3.8) is 0 Å². The van der Waals surface area contributed by atoms with E-state index in [9.17, 15) is 0 Å². The highest BCUT2D eigenvalue weighted by Crippen LogP contribution is 2.03. The molecule has 16 heavy (non-hydrogen) atoms. The summed E-state index contributed by atoms with van der Waals surface area (Å²) in [4.78, 5) is 2.56. The van der Waals surface area contributed by atoms with E-state index in [0.717, 1.165) is 24.9 Å². The molecular formula is C14H32N2. The lowest BCUT2D eigenvalue weighted by atomic mass is 10.1. The number of rotatable bonds is 9. The summed E-state index contributed by atoms with van der Waals surface area (Å²) in [7, 11) is 0. The van der Waals surface area contributed by atoms with Crippen LogP contribution in [0.15, 0.2) is 0 Å². The smallest absolute Gasteiger partial charge is 0.0110 e. The standard InChI is InChI=1S/C14H32N2/c1-12(2)7-8-15-9-10-16(14(5)6)11-13(3)4/h12-15H,7-11H2,1-6H3. The van der Waals surface area contributed by atoms with E-state index in [1.807, 2.05) is 0 Å². The first-order valence-electron chi connectivity index (χ1n) is 6.88. The van der Waals surface area contributed by atoms with Crippen molar-refractivity contribution < 1.29 is 0 Å². The van der Waals surface area contributed by atoms with Crippen molar-refractivity contribution in [3.8, 4) is 0 Å². The predicted octanol–water partition coefficient (Wildman–Crippen LogP) is 2.99. The van der Waals surface area contributed by atoms with Crippen LogP contribution in [-0.4, -0.2) is 37.1 Å².